The largest absolute Gasteiger partial charge is 0.489 e. The van der Waals surface area contributed by atoms with Gasteiger partial charge in [-0.2, -0.15) is 0 Å². The number of hydrazine groups is 1. The fourth-order valence-corrected chi connectivity index (χ4v) is 1.60. The van der Waals surface area contributed by atoms with E-state index >= 15 is 0 Å². The van der Waals surface area contributed by atoms with E-state index in [0.29, 0.717) is 12.1 Å². The SMILES string of the molecule is CC1(c2cc(C(F)F)nc(NN)n2)CC=CO1. The first-order valence-corrected chi connectivity index (χ1v) is 5.02. The molecule has 17 heavy (non-hydrogen) atoms. The lowest BCUT2D eigenvalue weighted by atomic mass is 9.98. The smallest absolute Gasteiger partial charge is 0.280 e. The van der Waals surface area contributed by atoms with Crippen LogP contribution in [-0.4, -0.2) is 9.97 Å². The second-order valence-electron chi connectivity index (χ2n) is 3.87. The molecule has 1 unspecified atom stereocenters. The van der Waals surface area contributed by atoms with E-state index in [1.54, 1.807) is 13.0 Å². The second kappa shape index (κ2) is 4.25. The van der Waals surface area contributed by atoms with Crippen molar-refractivity contribution in [2.75, 3.05) is 5.43 Å². The predicted molar refractivity (Wildman–Crippen MR) is 57.0 cm³/mol. The molecule has 0 saturated heterocycles. The Morgan fingerprint density at radius 1 is 1.53 bits per heavy atom. The Hall–Kier alpha value is -1.76. The van der Waals surface area contributed by atoms with E-state index in [0.717, 1.165) is 0 Å². The fraction of sp³-hybridized carbons (Fsp3) is 0.400. The van der Waals surface area contributed by atoms with Crippen LogP contribution < -0.4 is 11.3 Å². The summed E-state index contributed by atoms with van der Waals surface area (Å²) in [6.45, 7) is 1.77. The lowest BCUT2D eigenvalue weighted by molar-refractivity contribution is 0.0559. The van der Waals surface area contributed by atoms with E-state index < -0.39 is 12.0 Å². The van der Waals surface area contributed by atoms with Crippen molar-refractivity contribution in [3.8, 4) is 0 Å². The number of alkyl halides is 2. The molecule has 92 valence electrons. The van der Waals surface area contributed by atoms with Crippen molar-refractivity contribution in [3.63, 3.8) is 0 Å². The number of hydrogen-bond donors (Lipinski definition) is 2. The highest BCUT2D eigenvalue weighted by Gasteiger charge is 2.33. The topological polar surface area (TPSA) is 73.1 Å². The highest BCUT2D eigenvalue weighted by Crippen LogP contribution is 2.34. The van der Waals surface area contributed by atoms with Crippen LogP contribution in [0, 0.1) is 0 Å². The maximum absolute atomic E-state index is 12.7. The zero-order valence-corrected chi connectivity index (χ0v) is 9.15. The van der Waals surface area contributed by atoms with Gasteiger partial charge in [0.05, 0.1) is 12.0 Å². The molecule has 1 aliphatic heterocycles. The Kier molecular flexibility index (Phi) is 2.93. The van der Waals surface area contributed by atoms with Gasteiger partial charge in [-0.3, -0.25) is 5.43 Å². The van der Waals surface area contributed by atoms with Gasteiger partial charge in [0.2, 0.25) is 5.95 Å². The fourth-order valence-electron chi connectivity index (χ4n) is 1.60. The van der Waals surface area contributed by atoms with E-state index in [1.807, 2.05) is 0 Å². The van der Waals surface area contributed by atoms with E-state index in [4.69, 9.17) is 10.6 Å². The van der Waals surface area contributed by atoms with Crippen molar-refractivity contribution < 1.29 is 13.5 Å². The summed E-state index contributed by atoms with van der Waals surface area (Å²) in [5, 5.41) is 0. The Bertz CT molecular complexity index is 442. The van der Waals surface area contributed by atoms with E-state index in [1.165, 1.54) is 12.3 Å². The third kappa shape index (κ3) is 2.19. The predicted octanol–water partition coefficient (Wildman–Crippen LogP) is 1.85. The monoisotopic (exact) mass is 242 g/mol. The molecule has 1 aromatic rings. The number of hydrogen-bond acceptors (Lipinski definition) is 5. The van der Waals surface area contributed by atoms with Crippen LogP contribution in [0.15, 0.2) is 18.4 Å². The maximum atomic E-state index is 12.7. The Morgan fingerprint density at radius 3 is 2.82 bits per heavy atom. The normalized spacial score (nSPS) is 22.9. The van der Waals surface area contributed by atoms with E-state index in [9.17, 15) is 8.78 Å². The molecular formula is C10H12F2N4O. The quantitative estimate of drug-likeness (QED) is 0.625. The lowest BCUT2D eigenvalue weighted by Gasteiger charge is -2.23. The molecule has 0 saturated carbocycles. The summed E-state index contributed by atoms with van der Waals surface area (Å²) < 4.78 is 30.7. The Balaban J connectivity index is 2.42. The Labute approximate surface area is 96.7 Å². The van der Waals surface area contributed by atoms with Crippen LogP contribution in [0.25, 0.3) is 0 Å². The van der Waals surface area contributed by atoms with Gasteiger partial charge in [0, 0.05) is 6.42 Å². The number of rotatable bonds is 3. The number of anilines is 1. The van der Waals surface area contributed by atoms with Gasteiger partial charge < -0.3 is 4.74 Å². The molecule has 5 nitrogen and oxygen atoms in total. The van der Waals surface area contributed by atoms with Crippen molar-refractivity contribution in [1.29, 1.82) is 0 Å². The number of ether oxygens (including phenoxy) is 1. The molecule has 7 heteroatoms. The van der Waals surface area contributed by atoms with Gasteiger partial charge in [-0.15, -0.1) is 0 Å². The number of nitrogens with zero attached hydrogens (tertiary/aromatic N) is 2. The van der Waals surface area contributed by atoms with Gasteiger partial charge in [-0.1, -0.05) is 0 Å². The van der Waals surface area contributed by atoms with Crippen LogP contribution in [0.5, 0.6) is 0 Å². The minimum Gasteiger partial charge on any atom is -0.489 e. The van der Waals surface area contributed by atoms with Gasteiger partial charge in [0.1, 0.15) is 5.69 Å². The molecule has 0 aliphatic carbocycles. The summed E-state index contributed by atoms with van der Waals surface area (Å²) >= 11 is 0. The number of aromatic nitrogens is 2. The summed E-state index contributed by atoms with van der Waals surface area (Å²) in [4.78, 5) is 7.62. The molecule has 2 heterocycles. The van der Waals surface area contributed by atoms with Gasteiger partial charge in [0.15, 0.2) is 5.60 Å². The summed E-state index contributed by atoms with van der Waals surface area (Å²) in [6, 6.07) is 1.23. The van der Waals surface area contributed by atoms with Crippen LogP contribution in [-0.2, 0) is 10.3 Å². The first kappa shape index (κ1) is 11.7. The van der Waals surface area contributed by atoms with Crippen molar-refractivity contribution in [2.45, 2.75) is 25.4 Å². The van der Waals surface area contributed by atoms with Gasteiger partial charge in [-0.25, -0.2) is 24.6 Å². The standard InChI is InChI=1S/C10H12F2N4O/c1-10(3-2-4-17-10)7-5-6(8(11)12)14-9(15-7)16-13/h2,4-5,8H,3,13H2,1H3,(H,14,15,16). The number of nitrogens with two attached hydrogens (primary N) is 1. The van der Waals surface area contributed by atoms with Gasteiger partial charge in [0.25, 0.3) is 6.43 Å². The number of nitrogen functional groups attached to an aromatic ring is 1. The van der Waals surface area contributed by atoms with Crippen molar-refractivity contribution in [1.82, 2.24) is 9.97 Å². The third-order valence-corrected chi connectivity index (χ3v) is 2.57. The number of nitrogens with one attached hydrogen (secondary N) is 1. The molecule has 1 aromatic heterocycles. The zero-order valence-electron chi connectivity index (χ0n) is 9.15. The Morgan fingerprint density at radius 2 is 2.29 bits per heavy atom. The molecule has 0 fully saturated rings. The van der Waals surface area contributed by atoms with Gasteiger partial charge in [-0.05, 0) is 19.1 Å². The minimum atomic E-state index is -2.68. The maximum Gasteiger partial charge on any atom is 0.280 e. The molecule has 1 atom stereocenters. The zero-order chi connectivity index (χ0) is 12.5. The molecular weight excluding hydrogens is 230 g/mol. The molecule has 3 N–H and O–H groups in total. The molecule has 0 amide bonds. The molecule has 1 aliphatic rings. The van der Waals surface area contributed by atoms with Crippen LogP contribution in [0.2, 0.25) is 0 Å². The molecule has 0 aromatic carbocycles. The average Bonchev–Trinajstić information content (AvgIpc) is 2.77. The van der Waals surface area contributed by atoms with Crippen molar-refractivity contribution in [2.24, 2.45) is 5.84 Å². The lowest BCUT2D eigenvalue weighted by Crippen LogP contribution is -2.24. The number of halogens is 2. The highest BCUT2D eigenvalue weighted by atomic mass is 19.3. The van der Waals surface area contributed by atoms with Crippen molar-refractivity contribution >= 4 is 5.95 Å². The summed E-state index contributed by atoms with van der Waals surface area (Å²) in [5.74, 6) is 5.11. The van der Waals surface area contributed by atoms with Gasteiger partial charge >= 0.3 is 0 Å². The third-order valence-electron chi connectivity index (χ3n) is 2.57. The van der Waals surface area contributed by atoms with Crippen molar-refractivity contribution in [3.05, 3.63) is 29.8 Å². The summed E-state index contributed by atoms with van der Waals surface area (Å²) in [7, 11) is 0. The summed E-state index contributed by atoms with van der Waals surface area (Å²) in [5.41, 5.74) is 1.43. The minimum absolute atomic E-state index is 0.0467. The molecule has 2 rings (SSSR count). The molecule has 0 radical (unpaired) electrons. The molecule has 0 spiro atoms. The van der Waals surface area contributed by atoms with E-state index in [2.05, 4.69) is 15.4 Å². The first-order valence-electron chi connectivity index (χ1n) is 5.02. The van der Waals surface area contributed by atoms with Crippen LogP contribution in [0.1, 0.15) is 31.2 Å². The summed E-state index contributed by atoms with van der Waals surface area (Å²) in [6.07, 6.45) is 1.22. The van der Waals surface area contributed by atoms with Crippen LogP contribution in [0.3, 0.4) is 0 Å². The van der Waals surface area contributed by atoms with Crippen LogP contribution >= 0.6 is 0 Å². The highest BCUT2D eigenvalue weighted by molar-refractivity contribution is 5.30. The first-order chi connectivity index (χ1) is 8.05. The van der Waals surface area contributed by atoms with E-state index in [-0.39, 0.29) is 11.6 Å². The average molecular weight is 242 g/mol. The molecule has 0 bridgehead atoms. The second-order valence-corrected chi connectivity index (χ2v) is 3.87. The van der Waals surface area contributed by atoms with Crippen LogP contribution in [0.4, 0.5) is 14.7 Å².